The molecule has 1 aromatic carbocycles. The van der Waals surface area contributed by atoms with Crippen LogP contribution in [0.2, 0.25) is 0 Å². The lowest BCUT2D eigenvalue weighted by molar-refractivity contribution is 0.0985. The van der Waals surface area contributed by atoms with E-state index in [2.05, 4.69) is 18.8 Å². The third-order valence-electron chi connectivity index (χ3n) is 5.62. The second kappa shape index (κ2) is 13.5. The van der Waals surface area contributed by atoms with Gasteiger partial charge in [0.05, 0.1) is 13.7 Å². The Hall–Kier alpha value is -3.23. The van der Waals surface area contributed by atoms with Crippen molar-refractivity contribution >= 4 is 17.4 Å². The van der Waals surface area contributed by atoms with Crippen LogP contribution in [0.4, 0.5) is 11.5 Å². The van der Waals surface area contributed by atoms with Gasteiger partial charge in [-0.15, -0.1) is 0 Å². The largest absolute Gasteiger partial charge is 0.493 e. The Bertz CT molecular complexity index is 1060. The van der Waals surface area contributed by atoms with Gasteiger partial charge in [0.15, 0.2) is 17.2 Å². The van der Waals surface area contributed by atoms with E-state index in [0.29, 0.717) is 43.2 Å². The van der Waals surface area contributed by atoms with Crippen LogP contribution in [0.5, 0.6) is 11.5 Å². The highest BCUT2D eigenvalue weighted by molar-refractivity contribution is 6.07. The van der Waals surface area contributed by atoms with Crippen molar-refractivity contribution in [1.29, 1.82) is 0 Å². The molecule has 0 saturated heterocycles. The van der Waals surface area contributed by atoms with Crippen LogP contribution in [0.3, 0.4) is 0 Å². The second-order valence-corrected chi connectivity index (χ2v) is 8.23. The van der Waals surface area contributed by atoms with Crippen molar-refractivity contribution in [1.82, 2.24) is 9.55 Å². The van der Waals surface area contributed by atoms with Gasteiger partial charge in [0.1, 0.15) is 5.82 Å². The van der Waals surface area contributed by atoms with Gasteiger partial charge in [0.2, 0.25) is 0 Å². The summed E-state index contributed by atoms with van der Waals surface area (Å²) in [5.41, 5.74) is 5.39. The molecule has 0 bridgehead atoms. The monoisotopic (exact) mass is 474 g/mol. The fourth-order valence-corrected chi connectivity index (χ4v) is 3.61. The number of rotatable bonds is 14. The highest BCUT2D eigenvalue weighted by atomic mass is 16.5. The predicted molar refractivity (Wildman–Crippen MR) is 135 cm³/mol. The van der Waals surface area contributed by atoms with Crippen molar-refractivity contribution < 1.29 is 14.3 Å². The first-order chi connectivity index (χ1) is 16.4. The molecule has 0 radical (unpaired) electrons. The zero-order valence-electron chi connectivity index (χ0n) is 20.8. The number of amides is 1. The number of nitrogens with two attached hydrogens (primary N) is 1. The molecule has 1 amide bonds. The van der Waals surface area contributed by atoms with Gasteiger partial charge in [-0.1, -0.05) is 46.5 Å². The first-order valence-corrected chi connectivity index (χ1v) is 12.1. The minimum absolute atomic E-state index is 0.000884. The van der Waals surface area contributed by atoms with Crippen LogP contribution in [0.1, 0.15) is 76.1 Å². The molecule has 0 aliphatic rings. The van der Waals surface area contributed by atoms with Crippen LogP contribution in [-0.4, -0.2) is 35.7 Å². The molecule has 0 unspecified atom stereocenters. The van der Waals surface area contributed by atoms with Crippen LogP contribution in [-0.2, 0) is 6.54 Å². The van der Waals surface area contributed by atoms with Crippen LogP contribution in [0.15, 0.2) is 27.8 Å². The van der Waals surface area contributed by atoms with Gasteiger partial charge in [-0.05, 0) is 37.5 Å². The highest BCUT2D eigenvalue weighted by Gasteiger charge is 2.26. The molecule has 0 saturated carbocycles. The Kier molecular flexibility index (Phi) is 10.7. The van der Waals surface area contributed by atoms with E-state index in [-0.39, 0.29) is 11.5 Å². The molecule has 2 rings (SSSR count). The molecule has 0 spiro atoms. The maximum Gasteiger partial charge on any atom is 0.330 e. The van der Waals surface area contributed by atoms with Gasteiger partial charge in [-0.2, -0.15) is 0 Å². The zero-order chi connectivity index (χ0) is 25.1. The number of carbonyl (C=O) groups excluding carboxylic acids is 1. The number of unbranched alkanes of at least 4 members (excludes halogenated alkanes) is 4. The van der Waals surface area contributed by atoms with Crippen LogP contribution < -0.4 is 31.4 Å². The molecule has 34 heavy (non-hydrogen) atoms. The summed E-state index contributed by atoms with van der Waals surface area (Å²) in [6.45, 7) is 7.34. The van der Waals surface area contributed by atoms with Crippen LogP contribution in [0, 0.1) is 0 Å². The van der Waals surface area contributed by atoms with E-state index < -0.39 is 17.2 Å². The SMILES string of the molecule is CCCCCN(C(=O)c1ccc(OCCCC)c(OC)c1)c1c(N)n(CCCC)c(=O)[nH]c1=O. The molecule has 1 aromatic heterocycles. The van der Waals surface area contributed by atoms with E-state index in [4.69, 9.17) is 15.2 Å². The number of nitrogens with zero attached hydrogens (tertiary/aromatic N) is 2. The van der Waals surface area contributed by atoms with Crippen molar-refractivity contribution in [3.8, 4) is 11.5 Å². The lowest BCUT2D eigenvalue weighted by Gasteiger charge is -2.25. The number of methoxy groups -OCH3 is 1. The second-order valence-electron chi connectivity index (χ2n) is 8.23. The maximum atomic E-state index is 13.6. The predicted octanol–water partition coefficient (Wildman–Crippen LogP) is 3.94. The van der Waals surface area contributed by atoms with Crippen molar-refractivity contribution in [2.45, 2.75) is 72.3 Å². The number of nitrogen functional groups attached to an aromatic ring is 1. The standard InChI is InChI=1S/C25H38N4O5/c1-5-8-11-15-28(21-22(26)29(14-9-6-2)25(32)27-23(21)30)24(31)18-12-13-19(20(17-18)33-4)34-16-10-7-3/h12-13,17H,5-11,14-16,26H2,1-4H3,(H,27,30,32). The molecule has 2 aromatic rings. The lowest BCUT2D eigenvalue weighted by Crippen LogP contribution is -2.41. The summed E-state index contributed by atoms with van der Waals surface area (Å²) in [7, 11) is 1.52. The number of benzene rings is 1. The van der Waals surface area contributed by atoms with Crippen molar-refractivity contribution in [2.24, 2.45) is 0 Å². The topological polar surface area (TPSA) is 120 Å². The molecule has 9 nitrogen and oxygen atoms in total. The maximum absolute atomic E-state index is 13.6. The number of hydrogen-bond acceptors (Lipinski definition) is 6. The Balaban J connectivity index is 2.50. The van der Waals surface area contributed by atoms with Crippen molar-refractivity contribution in [3.63, 3.8) is 0 Å². The first kappa shape index (κ1) is 27.0. The molecule has 0 aliphatic heterocycles. The summed E-state index contributed by atoms with van der Waals surface area (Å²) in [4.78, 5) is 42.5. The number of anilines is 2. The first-order valence-electron chi connectivity index (χ1n) is 12.1. The molecule has 0 fully saturated rings. The normalized spacial score (nSPS) is 10.8. The quantitative estimate of drug-likeness (QED) is 0.400. The molecule has 188 valence electrons. The van der Waals surface area contributed by atoms with E-state index in [0.717, 1.165) is 38.5 Å². The molecule has 1 heterocycles. The summed E-state index contributed by atoms with van der Waals surface area (Å²) in [6, 6.07) is 4.95. The van der Waals surface area contributed by atoms with E-state index in [1.165, 1.54) is 16.6 Å². The number of aromatic amines is 1. The molecular weight excluding hydrogens is 436 g/mol. The summed E-state index contributed by atoms with van der Waals surface area (Å²) >= 11 is 0. The Labute approximate surface area is 200 Å². The minimum Gasteiger partial charge on any atom is -0.493 e. The van der Waals surface area contributed by atoms with Gasteiger partial charge in [0.25, 0.3) is 11.5 Å². The third-order valence-corrected chi connectivity index (χ3v) is 5.62. The number of nitrogens with one attached hydrogen (secondary N) is 1. The Morgan fingerprint density at radius 3 is 2.38 bits per heavy atom. The number of ether oxygens (including phenoxy) is 2. The van der Waals surface area contributed by atoms with Crippen LogP contribution in [0.25, 0.3) is 0 Å². The number of H-pyrrole nitrogens is 1. The van der Waals surface area contributed by atoms with Gasteiger partial charge in [-0.3, -0.25) is 19.1 Å². The summed E-state index contributed by atoms with van der Waals surface area (Å²) < 4.78 is 12.5. The van der Waals surface area contributed by atoms with Crippen molar-refractivity contribution in [3.05, 3.63) is 44.6 Å². The van der Waals surface area contributed by atoms with Gasteiger partial charge in [0, 0.05) is 18.7 Å². The number of carbonyl (C=O) groups is 1. The Morgan fingerprint density at radius 1 is 1.03 bits per heavy atom. The fraction of sp³-hybridized carbons (Fsp3) is 0.560. The summed E-state index contributed by atoms with van der Waals surface area (Å²) in [6.07, 6.45) is 5.99. The molecule has 0 atom stereocenters. The summed E-state index contributed by atoms with van der Waals surface area (Å²) in [5, 5.41) is 0. The van der Waals surface area contributed by atoms with Gasteiger partial charge >= 0.3 is 5.69 Å². The van der Waals surface area contributed by atoms with Crippen LogP contribution >= 0.6 is 0 Å². The average molecular weight is 475 g/mol. The number of hydrogen-bond donors (Lipinski definition) is 2. The van der Waals surface area contributed by atoms with E-state index >= 15 is 0 Å². The van der Waals surface area contributed by atoms with E-state index in [1.54, 1.807) is 18.2 Å². The minimum atomic E-state index is -0.674. The summed E-state index contributed by atoms with van der Waals surface area (Å²) in [5.74, 6) is 0.590. The van der Waals surface area contributed by atoms with Crippen molar-refractivity contribution in [2.75, 3.05) is 30.9 Å². The van der Waals surface area contributed by atoms with E-state index in [9.17, 15) is 14.4 Å². The highest BCUT2D eigenvalue weighted by Crippen LogP contribution is 2.30. The molecule has 9 heteroatoms. The Morgan fingerprint density at radius 2 is 1.74 bits per heavy atom. The molecular formula is C25H38N4O5. The van der Waals surface area contributed by atoms with Gasteiger partial charge < -0.3 is 20.1 Å². The number of aromatic nitrogens is 2. The zero-order valence-corrected chi connectivity index (χ0v) is 20.8. The smallest absolute Gasteiger partial charge is 0.330 e. The average Bonchev–Trinajstić information content (AvgIpc) is 2.82. The lowest BCUT2D eigenvalue weighted by atomic mass is 10.1. The van der Waals surface area contributed by atoms with Gasteiger partial charge in [-0.25, -0.2) is 4.79 Å². The molecule has 3 N–H and O–H groups in total. The third kappa shape index (κ3) is 6.65. The fourth-order valence-electron chi connectivity index (χ4n) is 3.61. The van der Waals surface area contributed by atoms with E-state index in [1.807, 2.05) is 6.92 Å². The molecule has 0 aliphatic carbocycles.